The molecule has 0 fully saturated rings. The maximum absolute atomic E-state index is 9.73. The van der Waals surface area contributed by atoms with Gasteiger partial charge in [0.1, 0.15) is 23.5 Å². The fraction of sp³-hybridized carbons (Fsp3) is 0.300. The van der Waals surface area contributed by atoms with Crippen LogP contribution in [0.2, 0.25) is 0 Å². The summed E-state index contributed by atoms with van der Waals surface area (Å²) in [5.41, 5.74) is 3.00. The van der Waals surface area contributed by atoms with Gasteiger partial charge in [0.25, 0.3) is 0 Å². The van der Waals surface area contributed by atoms with E-state index < -0.39 is 0 Å². The third-order valence-corrected chi connectivity index (χ3v) is 2.29. The van der Waals surface area contributed by atoms with Crippen LogP contribution in [0.4, 0.5) is 11.4 Å². The Balaban J connectivity index is 0.00000112. The summed E-state index contributed by atoms with van der Waals surface area (Å²) in [6, 6.07) is 3.56. The quantitative estimate of drug-likeness (QED) is 0.457. The van der Waals surface area contributed by atoms with E-state index in [0.717, 1.165) is 23.5 Å². The average Bonchev–Trinajstić information content (AvgIpc) is 2.57. The van der Waals surface area contributed by atoms with Crippen molar-refractivity contribution in [2.75, 3.05) is 14.1 Å². The number of hydrogen-bond acceptors (Lipinski definition) is 2. The molecule has 1 aliphatic rings. The first-order valence-corrected chi connectivity index (χ1v) is 4.70. The Labute approximate surface area is 107 Å². The number of quaternary nitrogens is 2. The zero-order chi connectivity index (χ0) is 10.1. The van der Waals surface area contributed by atoms with Crippen molar-refractivity contribution in [1.82, 2.24) is 0 Å². The Hall–Kier alpha value is -0.810. The molecule has 0 saturated carbocycles. The number of aromatic hydroxyl groups is 1. The summed E-state index contributed by atoms with van der Waals surface area (Å²) in [7, 11) is 4.13. The number of rotatable bonds is 2. The van der Waals surface area contributed by atoms with Crippen LogP contribution < -0.4 is 35.0 Å². The van der Waals surface area contributed by atoms with Crippen LogP contribution in [0.25, 0.3) is 0 Å². The second-order valence-corrected chi connectivity index (χ2v) is 3.82. The molecule has 1 aliphatic heterocycles. The van der Waals surface area contributed by atoms with Gasteiger partial charge in [-0.25, -0.2) is 0 Å². The highest BCUT2D eigenvalue weighted by Gasteiger charge is 2.21. The second-order valence-electron chi connectivity index (χ2n) is 3.82. The van der Waals surface area contributed by atoms with E-state index in [9.17, 15) is 5.11 Å². The minimum absolute atomic E-state index is 0. The summed E-state index contributed by atoms with van der Waals surface area (Å²) in [5.74, 6) is 0.367. The molecule has 1 heterocycles. The molecule has 4 N–H and O–H groups in total. The predicted molar refractivity (Wildman–Crippen MR) is 54.4 cm³/mol. The van der Waals surface area contributed by atoms with E-state index in [4.69, 9.17) is 0 Å². The van der Waals surface area contributed by atoms with Gasteiger partial charge in [-0.15, -0.1) is 0 Å². The number of halogens is 2. The fourth-order valence-electron chi connectivity index (χ4n) is 1.67. The van der Waals surface area contributed by atoms with Gasteiger partial charge >= 0.3 is 0 Å². The minimum atomic E-state index is 0. The van der Waals surface area contributed by atoms with Crippen molar-refractivity contribution in [2.24, 2.45) is 4.99 Å². The Morgan fingerprint density at radius 3 is 2.62 bits per heavy atom. The number of phenols is 1. The van der Waals surface area contributed by atoms with Crippen molar-refractivity contribution in [3.8, 4) is 5.75 Å². The Morgan fingerprint density at radius 1 is 1.31 bits per heavy atom. The summed E-state index contributed by atoms with van der Waals surface area (Å²) in [4.78, 5) is 5.49. The first-order valence-electron chi connectivity index (χ1n) is 4.70. The van der Waals surface area contributed by atoms with Crippen LogP contribution in [0.15, 0.2) is 17.1 Å². The van der Waals surface area contributed by atoms with Crippen LogP contribution in [-0.2, 0) is 6.54 Å². The van der Waals surface area contributed by atoms with Crippen molar-refractivity contribution < 1.29 is 40.1 Å². The highest BCUT2D eigenvalue weighted by molar-refractivity contribution is 5.75. The number of hydrogen-bond donors (Lipinski definition) is 3. The fourth-order valence-corrected chi connectivity index (χ4v) is 1.67. The number of aliphatic imine (C=N–C) groups is 1. The van der Waals surface area contributed by atoms with E-state index in [2.05, 4.69) is 19.1 Å². The molecule has 0 bridgehead atoms. The van der Waals surface area contributed by atoms with Gasteiger partial charge in [0.05, 0.1) is 14.1 Å². The van der Waals surface area contributed by atoms with Crippen LogP contribution in [-0.4, -0.2) is 25.5 Å². The summed E-state index contributed by atoms with van der Waals surface area (Å²) >= 11 is 0. The lowest BCUT2D eigenvalue weighted by Gasteiger charge is -2.10. The van der Waals surface area contributed by atoms with Gasteiger partial charge in [-0.3, -0.25) is 5.32 Å². The van der Waals surface area contributed by atoms with Crippen molar-refractivity contribution >= 4 is 17.7 Å². The van der Waals surface area contributed by atoms with E-state index in [1.54, 1.807) is 12.4 Å². The standard InChI is InChI=1S/C10H13N3O.2ClH/c1-13(2)5-7-9(14)4-3-8-10(7)12-6-11-8;;/h3-4,6,14H,5H2,1-2H3,(H,11,12);2*1H. The zero-order valence-corrected chi connectivity index (χ0v) is 10.7. The van der Waals surface area contributed by atoms with E-state index in [1.807, 2.05) is 11.4 Å². The molecular weight excluding hydrogens is 249 g/mol. The summed E-state index contributed by atoms with van der Waals surface area (Å²) in [5, 5.41) is 11.7. The summed E-state index contributed by atoms with van der Waals surface area (Å²) in [6.07, 6.45) is 1.78. The molecule has 0 radical (unpaired) electrons. The van der Waals surface area contributed by atoms with Crippen LogP contribution in [0.3, 0.4) is 0 Å². The second kappa shape index (κ2) is 6.06. The molecule has 1 aromatic rings. The van der Waals surface area contributed by atoms with Crippen molar-refractivity contribution in [3.05, 3.63) is 17.7 Å². The number of nitrogens with two attached hydrogens (primary N) is 1. The molecule has 0 aromatic heterocycles. The topological polar surface area (TPSA) is 53.6 Å². The molecule has 16 heavy (non-hydrogen) atoms. The van der Waals surface area contributed by atoms with Gasteiger partial charge < -0.3 is 34.8 Å². The van der Waals surface area contributed by atoms with Gasteiger partial charge in [-0.05, 0) is 12.1 Å². The summed E-state index contributed by atoms with van der Waals surface area (Å²) in [6.45, 7) is 0.814. The molecule has 0 amide bonds. The molecular formula is C10H15Cl2N3O. The molecule has 90 valence electrons. The van der Waals surface area contributed by atoms with Gasteiger partial charge in [0.2, 0.25) is 0 Å². The molecule has 1 aromatic carbocycles. The average molecular weight is 264 g/mol. The van der Waals surface area contributed by atoms with Crippen molar-refractivity contribution in [2.45, 2.75) is 6.54 Å². The van der Waals surface area contributed by atoms with Gasteiger partial charge in [0, 0.05) is 0 Å². The third-order valence-electron chi connectivity index (χ3n) is 2.29. The Morgan fingerprint density at radius 2 is 2.00 bits per heavy atom. The van der Waals surface area contributed by atoms with Gasteiger partial charge in [0.15, 0.2) is 12.0 Å². The lowest BCUT2D eigenvalue weighted by Crippen LogP contribution is -3.04. The molecule has 0 aliphatic carbocycles. The molecule has 2 rings (SSSR count). The Bertz CT molecular complexity index is 394. The largest absolute Gasteiger partial charge is 1.00 e. The van der Waals surface area contributed by atoms with Crippen molar-refractivity contribution in [3.63, 3.8) is 0 Å². The first-order chi connectivity index (χ1) is 6.68. The monoisotopic (exact) mass is 263 g/mol. The lowest BCUT2D eigenvalue weighted by molar-refractivity contribution is -0.872. The summed E-state index contributed by atoms with van der Waals surface area (Å²) < 4.78 is 0. The number of benzene rings is 1. The van der Waals surface area contributed by atoms with E-state index in [1.165, 1.54) is 4.90 Å². The Kier molecular flexibility index (Phi) is 5.75. The van der Waals surface area contributed by atoms with Crippen LogP contribution in [0.5, 0.6) is 5.75 Å². The van der Waals surface area contributed by atoms with E-state index in [0.29, 0.717) is 5.75 Å². The van der Waals surface area contributed by atoms with Crippen LogP contribution in [0, 0.1) is 0 Å². The van der Waals surface area contributed by atoms with Crippen LogP contribution >= 0.6 is 0 Å². The minimum Gasteiger partial charge on any atom is -1.00 e. The molecule has 4 nitrogen and oxygen atoms in total. The SMILES string of the molecule is C[NH+](C)Cc1c(O)ccc2c1[NH2+]C=N2.[Cl-].[Cl-]. The van der Waals surface area contributed by atoms with E-state index in [-0.39, 0.29) is 24.8 Å². The number of nitrogens with zero attached hydrogens (tertiary/aromatic N) is 1. The molecule has 0 unspecified atom stereocenters. The maximum Gasteiger partial charge on any atom is 0.192 e. The molecule has 6 heteroatoms. The predicted octanol–water partition coefficient (Wildman–Crippen LogP) is -7.09. The molecule has 0 spiro atoms. The number of phenolic OH excluding ortho intramolecular Hbond substituents is 1. The lowest BCUT2D eigenvalue weighted by atomic mass is 10.1. The maximum atomic E-state index is 9.73. The smallest absolute Gasteiger partial charge is 0.192 e. The van der Waals surface area contributed by atoms with Crippen LogP contribution in [0.1, 0.15) is 5.56 Å². The van der Waals surface area contributed by atoms with Gasteiger partial charge in [-0.2, -0.15) is 4.99 Å². The number of fused-ring (bicyclic) bond motifs is 1. The first kappa shape index (κ1) is 15.2. The highest BCUT2D eigenvalue weighted by atomic mass is 35.5. The molecule has 0 saturated heterocycles. The third kappa shape index (κ3) is 2.86. The highest BCUT2D eigenvalue weighted by Crippen LogP contribution is 2.32. The molecule has 0 atom stereocenters. The van der Waals surface area contributed by atoms with Gasteiger partial charge in [-0.1, -0.05) is 0 Å². The van der Waals surface area contributed by atoms with E-state index >= 15 is 0 Å². The van der Waals surface area contributed by atoms with Crippen molar-refractivity contribution in [1.29, 1.82) is 0 Å². The number of nitrogens with one attached hydrogen (secondary N) is 1. The zero-order valence-electron chi connectivity index (χ0n) is 9.17. The normalized spacial score (nSPS) is 11.9.